The van der Waals surface area contributed by atoms with E-state index in [1.165, 1.54) is 36.4 Å². The summed E-state index contributed by atoms with van der Waals surface area (Å²) >= 11 is 0. The second-order valence-electron chi connectivity index (χ2n) is 6.36. The van der Waals surface area contributed by atoms with Crippen LogP contribution in [0.2, 0.25) is 0 Å². The number of aromatic carboxylic acids is 6. The second-order valence-corrected chi connectivity index (χ2v) is 6.36. The van der Waals surface area contributed by atoms with Crippen molar-refractivity contribution in [2.45, 2.75) is 0 Å². The van der Waals surface area contributed by atoms with Crippen LogP contribution in [-0.2, 0) is 51.7 Å². The minimum atomic E-state index is -1.52. The van der Waals surface area contributed by atoms with Gasteiger partial charge in [0.25, 0.3) is 0 Å². The third kappa shape index (κ3) is 11.1. The molecule has 0 atom stereocenters. The third-order valence-electron chi connectivity index (χ3n) is 4.10. The van der Waals surface area contributed by atoms with E-state index in [-0.39, 0.29) is 85.1 Å². The topological polar surface area (TPSA) is 241 Å². The third-order valence-corrected chi connectivity index (χ3v) is 4.10. The predicted octanol–water partition coefficient (Wildman–Crippen LogP) is -4.76. The van der Waals surface area contributed by atoms with Crippen LogP contribution in [0.4, 0.5) is 0 Å². The van der Waals surface area contributed by atoms with Crippen LogP contribution in [0.1, 0.15) is 62.1 Å². The van der Waals surface area contributed by atoms with Gasteiger partial charge >= 0.3 is 51.7 Å². The largest absolute Gasteiger partial charge is 3.00 e. The number of carbonyl (C=O) groups excluding carboxylic acids is 6. The number of carbonyl (C=O) groups is 6. The van der Waals surface area contributed by atoms with Crippen molar-refractivity contribution in [3.05, 3.63) is 106 Å². The van der Waals surface area contributed by atoms with Crippen molar-refractivity contribution in [3.63, 3.8) is 0 Å². The van der Waals surface area contributed by atoms with Crippen LogP contribution in [0.15, 0.2) is 72.8 Å². The summed E-state index contributed by atoms with van der Waals surface area (Å²) in [5.74, 6) is -9.11. The molecule has 0 aliphatic carbocycles. The maximum absolute atomic E-state index is 10.3. The Balaban J connectivity index is 0. The average Bonchev–Trinajstić information content (AvgIpc) is 2.84. The van der Waals surface area contributed by atoms with E-state index in [4.69, 9.17) is 0 Å². The van der Waals surface area contributed by atoms with E-state index in [1.807, 2.05) is 0 Å². The zero-order chi connectivity index (χ0) is 27.4. The van der Waals surface area contributed by atoms with Crippen molar-refractivity contribution in [1.82, 2.24) is 0 Å². The smallest absolute Gasteiger partial charge is 0.545 e. The molecule has 38 heavy (non-hydrogen) atoms. The van der Waals surface area contributed by atoms with Crippen molar-refractivity contribution in [3.8, 4) is 0 Å². The SMILES string of the molecule is O=C([O-])c1ccccc1C(=O)[O-].O=C([O-])c1ccccc1C(=O)[O-].O=C([O-])c1ccccc1C(=O)[O-].[Sc+3].[Sc+3]. The van der Waals surface area contributed by atoms with Gasteiger partial charge in [-0.3, -0.25) is 0 Å². The Bertz CT molecular complexity index is 1060. The average molecular weight is 582 g/mol. The molecule has 0 aliphatic rings. The van der Waals surface area contributed by atoms with E-state index in [1.54, 1.807) is 0 Å². The van der Waals surface area contributed by atoms with E-state index in [9.17, 15) is 59.4 Å². The van der Waals surface area contributed by atoms with Gasteiger partial charge in [-0.25, -0.2) is 0 Å². The van der Waals surface area contributed by atoms with Gasteiger partial charge in [-0.1, -0.05) is 72.8 Å². The molecular weight excluding hydrogens is 570 g/mol. The zero-order valence-corrected chi connectivity index (χ0v) is 22.6. The summed E-state index contributed by atoms with van der Waals surface area (Å²) in [6.45, 7) is 0. The van der Waals surface area contributed by atoms with Gasteiger partial charge in [0.05, 0.1) is 35.8 Å². The molecule has 0 aromatic heterocycles. The summed E-state index contributed by atoms with van der Waals surface area (Å²) < 4.78 is 0. The molecule has 0 saturated heterocycles. The molecule has 0 N–H and O–H groups in total. The Kier molecular flexibility index (Phi) is 16.9. The van der Waals surface area contributed by atoms with Gasteiger partial charge in [-0.05, 0) is 0 Å². The fourth-order valence-electron chi connectivity index (χ4n) is 2.52. The summed E-state index contributed by atoms with van der Waals surface area (Å²) in [5.41, 5.74) is -2.18. The molecule has 0 fully saturated rings. The molecule has 186 valence electrons. The summed E-state index contributed by atoms with van der Waals surface area (Å²) in [6.07, 6.45) is 0. The van der Waals surface area contributed by atoms with Gasteiger partial charge in [0, 0.05) is 33.4 Å². The van der Waals surface area contributed by atoms with Gasteiger partial charge in [0.1, 0.15) is 0 Å². The molecule has 0 aliphatic heterocycles. The van der Waals surface area contributed by atoms with Crippen molar-refractivity contribution in [2.75, 3.05) is 0 Å². The first-order chi connectivity index (χ1) is 16.9. The Labute approximate surface area is 251 Å². The standard InChI is InChI=1S/3C8H6O4.2Sc/c3*9-7(10)5-3-1-2-4-6(5)8(11)12;;/h3*1-4H,(H,9,10)(H,11,12);;/q;;;2*+3/p-6. The quantitative estimate of drug-likeness (QED) is 0.266. The first-order valence-corrected chi connectivity index (χ1v) is 9.43. The Hall–Kier alpha value is -3.78. The molecule has 0 heterocycles. The molecule has 14 heteroatoms. The number of rotatable bonds is 6. The van der Waals surface area contributed by atoms with E-state index < -0.39 is 35.8 Å². The second kappa shape index (κ2) is 17.6. The van der Waals surface area contributed by atoms with E-state index >= 15 is 0 Å². The molecule has 0 radical (unpaired) electrons. The summed E-state index contributed by atoms with van der Waals surface area (Å²) in [7, 11) is 0. The van der Waals surface area contributed by atoms with Crippen LogP contribution in [0.3, 0.4) is 0 Å². The molecule has 3 aromatic carbocycles. The molecule has 0 unspecified atom stereocenters. The van der Waals surface area contributed by atoms with Crippen molar-refractivity contribution < 1.29 is 111 Å². The maximum Gasteiger partial charge on any atom is 3.00 e. The van der Waals surface area contributed by atoms with Crippen molar-refractivity contribution >= 4 is 35.8 Å². The first kappa shape index (κ1) is 36.4. The molecule has 12 nitrogen and oxygen atoms in total. The summed E-state index contributed by atoms with van der Waals surface area (Å²) in [5, 5.41) is 61.9. The monoisotopic (exact) mass is 582 g/mol. The van der Waals surface area contributed by atoms with Crippen LogP contribution in [0.5, 0.6) is 0 Å². The Morgan fingerprint density at radius 3 is 0.500 bits per heavy atom. The van der Waals surface area contributed by atoms with Crippen LogP contribution in [0.25, 0.3) is 0 Å². The van der Waals surface area contributed by atoms with Crippen LogP contribution < -0.4 is 30.6 Å². The number of hydrogen-bond acceptors (Lipinski definition) is 12. The van der Waals surface area contributed by atoms with Gasteiger partial charge < -0.3 is 59.4 Å². The molecular formula is C24H12O12Sc2. The Morgan fingerprint density at radius 1 is 0.316 bits per heavy atom. The fraction of sp³-hybridized carbons (Fsp3) is 0. The van der Waals surface area contributed by atoms with Crippen molar-refractivity contribution in [1.29, 1.82) is 0 Å². The molecule has 0 spiro atoms. The van der Waals surface area contributed by atoms with Gasteiger partial charge in [0.2, 0.25) is 0 Å². The van der Waals surface area contributed by atoms with Crippen LogP contribution in [0, 0.1) is 0 Å². The number of carboxylic acids is 6. The van der Waals surface area contributed by atoms with Gasteiger partial charge in [-0.15, -0.1) is 0 Å². The molecule has 3 aromatic rings. The Morgan fingerprint density at radius 2 is 0.421 bits per heavy atom. The minimum Gasteiger partial charge on any atom is -0.545 e. The molecule has 3 rings (SSSR count). The van der Waals surface area contributed by atoms with Crippen molar-refractivity contribution in [2.24, 2.45) is 0 Å². The first-order valence-electron chi connectivity index (χ1n) is 9.43. The number of hydrogen-bond donors (Lipinski definition) is 0. The van der Waals surface area contributed by atoms with E-state index in [0.717, 1.165) is 36.4 Å². The molecule has 0 amide bonds. The molecule has 0 saturated carbocycles. The fourth-order valence-corrected chi connectivity index (χ4v) is 2.52. The predicted molar refractivity (Wildman–Crippen MR) is 105 cm³/mol. The number of carboxylic acid groups (broad SMARTS) is 6. The van der Waals surface area contributed by atoms with Gasteiger partial charge in [0.15, 0.2) is 0 Å². The number of benzene rings is 3. The normalized spacial score (nSPS) is 8.84. The summed E-state index contributed by atoms with van der Waals surface area (Å²) in [4.78, 5) is 61.9. The van der Waals surface area contributed by atoms with E-state index in [2.05, 4.69) is 0 Å². The molecule has 0 bridgehead atoms. The van der Waals surface area contributed by atoms with Gasteiger partial charge in [-0.2, -0.15) is 0 Å². The van der Waals surface area contributed by atoms with Crippen LogP contribution >= 0.6 is 0 Å². The van der Waals surface area contributed by atoms with Crippen LogP contribution in [-0.4, -0.2) is 35.8 Å². The zero-order valence-electron chi connectivity index (χ0n) is 19.0. The maximum atomic E-state index is 10.3. The van der Waals surface area contributed by atoms with E-state index in [0.29, 0.717) is 0 Å². The minimum absolute atomic E-state index is 0. The summed E-state index contributed by atoms with van der Waals surface area (Å²) in [6, 6.07) is 15.4.